The Kier molecular flexibility index (Phi) is 4.43. The summed E-state index contributed by atoms with van der Waals surface area (Å²) in [5.74, 6) is 1.53. The molecule has 7 heteroatoms. The third kappa shape index (κ3) is 3.14. The number of methoxy groups -OCH3 is 1. The van der Waals surface area contributed by atoms with E-state index in [0.717, 1.165) is 23.2 Å². The fourth-order valence-corrected chi connectivity index (χ4v) is 2.70. The molecule has 0 spiro atoms. The van der Waals surface area contributed by atoms with Crippen LogP contribution in [0.1, 0.15) is 5.56 Å². The first-order valence-electron chi connectivity index (χ1n) is 6.76. The number of fused-ring (bicyclic) bond motifs is 1. The minimum absolute atomic E-state index is 0.590. The molecular formula is C15H14BrN5O. The molecule has 0 atom stereocenters. The van der Waals surface area contributed by atoms with Crippen LogP contribution in [0.3, 0.4) is 0 Å². The summed E-state index contributed by atoms with van der Waals surface area (Å²) in [6.07, 6.45) is 5.60. The third-order valence-electron chi connectivity index (χ3n) is 3.19. The smallest absolute Gasteiger partial charge is 0.183 e. The van der Waals surface area contributed by atoms with Gasteiger partial charge in [-0.1, -0.05) is 6.07 Å². The highest BCUT2D eigenvalue weighted by atomic mass is 79.9. The lowest BCUT2D eigenvalue weighted by Crippen LogP contribution is -2.08. The van der Waals surface area contributed by atoms with Gasteiger partial charge in [-0.2, -0.15) is 0 Å². The fourth-order valence-electron chi connectivity index (χ4n) is 2.11. The SMILES string of the molecule is COc1ccc(CCNc2ncnc3nccnc23)cc1Br. The largest absolute Gasteiger partial charge is 0.496 e. The zero-order valence-corrected chi connectivity index (χ0v) is 13.5. The van der Waals surface area contributed by atoms with E-state index < -0.39 is 0 Å². The molecule has 3 aromatic rings. The van der Waals surface area contributed by atoms with Crippen molar-refractivity contribution in [1.29, 1.82) is 0 Å². The second kappa shape index (κ2) is 6.65. The molecule has 22 heavy (non-hydrogen) atoms. The first kappa shape index (κ1) is 14.6. The number of hydrogen-bond donors (Lipinski definition) is 1. The van der Waals surface area contributed by atoms with Crippen LogP contribution >= 0.6 is 15.9 Å². The second-order valence-corrected chi connectivity index (χ2v) is 5.45. The maximum Gasteiger partial charge on any atom is 0.183 e. The summed E-state index contributed by atoms with van der Waals surface area (Å²) in [6, 6.07) is 6.05. The Morgan fingerprint density at radius 1 is 1.14 bits per heavy atom. The van der Waals surface area contributed by atoms with E-state index in [2.05, 4.69) is 47.2 Å². The third-order valence-corrected chi connectivity index (χ3v) is 3.81. The summed E-state index contributed by atoms with van der Waals surface area (Å²) >= 11 is 3.49. The van der Waals surface area contributed by atoms with Crippen LogP contribution in [0.5, 0.6) is 5.75 Å². The van der Waals surface area contributed by atoms with E-state index in [-0.39, 0.29) is 0 Å². The highest BCUT2D eigenvalue weighted by Gasteiger charge is 2.05. The highest BCUT2D eigenvalue weighted by Crippen LogP contribution is 2.25. The Bertz CT molecular complexity index is 790. The van der Waals surface area contributed by atoms with Crippen molar-refractivity contribution >= 4 is 32.9 Å². The number of ether oxygens (including phenoxy) is 1. The van der Waals surface area contributed by atoms with E-state index in [9.17, 15) is 0 Å². The van der Waals surface area contributed by atoms with Gasteiger partial charge in [0, 0.05) is 18.9 Å². The van der Waals surface area contributed by atoms with Crippen molar-refractivity contribution in [3.63, 3.8) is 0 Å². The number of hydrogen-bond acceptors (Lipinski definition) is 6. The Morgan fingerprint density at radius 3 is 2.82 bits per heavy atom. The van der Waals surface area contributed by atoms with Gasteiger partial charge < -0.3 is 10.1 Å². The normalized spacial score (nSPS) is 10.6. The number of rotatable bonds is 5. The van der Waals surface area contributed by atoms with Gasteiger partial charge >= 0.3 is 0 Å². The second-order valence-electron chi connectivity index (χ2n) is 4.60. The van der Waals surface area contributed by atoms with Crippen LogP contribution in [0.15, 0.2) is 41.4 Å². The molecule has 0 radical (unpaired) electrons. The summed E-state index contributed by atoms with van der Waals surface area (Å²) < 4.78 is 6.18. The lowest BCUT2D eigenvalue weighted by molar-refractivity contribution is 0.412. The molecule has 0 saturated heterocycles. The van der Waals surface area contributed by atoms with Gasteiger partial charge in [0.15, 0.2) is 11.5 Å². The molecule has 1 aromatic carbocycles. The van der Waals surface area contributed by atoms with E-state index in [4.69, 9.17) is 4.74 Å². The zero-order chi connectivity index (χ0) is 15.4. The van der Waals surface area contributed by atoms with Crippen molar-refractivity contribution in [2.75, 3.05) is 19.0 Å². The molecule has 0 aliphatic carbocycles. The first-order chi connectivity index (χ1) is 10.8. The van der Waals surface area contributed by atoms with Gasteiger partial charge in [0.05, 0.1) is 11.6 Å². The summed E-state index contributed by atoms with van der Waals surface area (Å²) in [4.78, 5) is 16.8. The van der Waals surface area contributed by atoms with Gasteiger partial charge in [0.25, 0.3) is 0 Å². The van der Waals surface area contributed by atoms with Crippen molar-refractivity contribution in [2.45, 2.75) is 6.42 Å². The number of halogens is 1. The van der Waals surface area contributed by atoms with Crippen molar-refractivity contribution in [1.82, 2.24) is 19.9 Å². The van der Waals surface area contributed by atoms with Crippen LogP contribution < -0.4 is 10.1 Å². The van der Waals surface area contributed by atoms with E-state index in [1.54, 1.807) is 19.5 Å². The molecule has 0 saturated carbocycles. The average Bonchev–Trinajstić information content (AvgIpc) is 2.55. The highest BCUT2D eigenvalue weighted by molar-refractivity contribution is 9.10. The van der Waals surface area contributed by atoms with Crippen LogP contribution in [0, 0.1) is 0 Å². The fraction of sp³-hybridized carbons (Fsp3) is 0.200. The lowest BCUT2D eigenvalue weighted by atomic mass is 10.1. The van der Waals surface area contributed by atoms with Crippen LogP contribution in [0.25, 0.3) is 11.2 Å². The monoisotopic (exact) mass is 359 g/mol. The van der Waals surface area contributed by atoms with Crippen molar-refractivity contribution in [2.24, 2.45) is 0 Å². The van der Waals surface area contributed by atoms with Crippen LogP contribution in [0.2, 0.25) is 0 Å². The summed E-state index contributed by atoms with van der Waals surface area (Å²) in [5.41, 5.74) is 2.47. The van der Waals surface area contributed by atoms with Gasteiger partial charge in [-0.25, -0.2) is 19.9 Å². The maximum absolute atomic E-state index is 5.23. The number of nitrogens with zero attached hydrogens (tertiary/aromatic N) is 4. The van der Waals surface area contributed by atoms with E-state index in [0.29, 0.717) is 17.0 Å². The van der Waals surface area contributed by atoms with Crippen molar-refractivity contribution < 1.29 is 4.74 Å². The molecule has 1 N–H and O–H groups in total. The molecule has 0 fully saturated rings. The molecule has 2 heterocycles. The van der Waals surface area contributed by atoms with E-state index in [1.165, 1.54) is 11.9 Å². The van der Waals surface area contributed by atoms with E-state index in [1.807, 2.05) is 12.1 Å². The predicted molar refractivity (Wildman–Crippen MR) is 88.0 cm³/mol. The summed E-state index contributed by atoms with van der Waals surface area (Å²) in [6.45, 7) is 0.738. The molecule has 3 rings (SSSR count). The Hall–Kier alpha value is -2.28. The predicted octanol–water partition coefficient (Wildman–Crippen LogP) is 2.85. The van der Waals surface area contributed by atoms with Crippen LogP contribution in [-0.2, 0) is 6.42 Å². The molecule has 0 unspecified atom stereocenters. The first-order valence-corrected chi connectivity index (χ1v) is 7.55. The van der Waals surface area contributed by atoms with E-state index >= 15 is 0 Å². The number of aromatic nitrogens is 4. The molecule has 0 bridgehead atoms. The molecule has 2 aromatic heterocycles. The van der Waals surface area contributed by atoms with Crippen LogP contribution in [0.4, 0.5) is 5.82 Å². The molecule has 6 nitrogen and oxygen atoms in total. The minimum atomic E-state index is 0.590. The van der Waals surface area contributed by atoms with Gasteiger partial charge in [-0.3, -0.25) is 0 Å². The summed E-state index contributed by atoms with van der Waals surface area (Å²) in [7, 11) is 1.66. The molecular weight excluding hydrogens is 346 g/mol. The topological polar surface area (TPSA) is 72.8 Å². The maximum atomic E-state index is 5.23. The number of benzene rings is 1. The number of nitrogens with one attached hydrogen (secondary N) is 1. The zero-order valence-electron chi connectivity index (χ0n) is 12.0. The van der Waals surface area contributed by atoms with Crippen molar-refractivity contribution in [3.8, 4) is 5.75 Å². The Labute approximate surface area is 136 Å². The molecule has 112 valence electrons. The van der Waals surface area contributed by atoms with Gasteiger partial charge in [0.1, 0.15) is 17.6 Å². The van der Waals surface area contributed by atoms with Crippen molar-refractivity contribution in [3.05, 3.63) is 47.0 Å². The Balaban J connectivity index is 1.69. The van der Waals surface area contributed by atoms with Crippen LogP contribution in [-0.4, -0.2) is 33.6 Å². The average molecular weight is 360 g/mol. The minimum Gasteiger partial charge on any atom is -0.496 e. The Morgan fingerprint density at radius 2 is 2.00 bits per heavy atom. The molecule has 0 amide bonds. The number of anilines is 1. The summed E-state index contributed by atoms with van der Waals surface area (Å²) in [5, 5.41) is 3.28. The lowest BCUT2D eigenvalue weighted by Gasteiger charge is -2.08. The van der Waals surface area contributed by atoms with Gasteiger partial charge in [-0.15, -0.1) is 0 Å². The standard InChI is InChI=1S/C15H14BrN5O/c1-22-12-3-2-10(8-11(12)16)4-5-18-14-13-15(21-9-20-14)19-7-6-17-13/h2-3,6-9H,4-5H2,1H3,(H,18,19,20,21). The molecule has 0 aliphatic heterocycles. The molecule has 0 aliphatic rings. The van der Waals surface area contributed by atoms with Gasteiger partial charge in [0.2, 0.25) is 0 Å². The quantitative estimate of drug-likeness (QED) is 0.754. The van der Waals surface area contributed by atoms with Gasteiger partial charge in [-0.05, 0) is 40.0 Å².